The highest BCUT2D eigenvalue weighted by Gasteiger charge is 2.07. The predicted molar refractivity (Wildman–Crippen MR) is 132 cm³/mol. The Morgan fingerprint density at radius 1 is 0.433 bits per heavy atom. The molecule has 4 aromatic carbocycles. The van der Waals surface area contributed by atoms with Crippen LogP contribution in [-0.2, 0) is 0 Å². The van der Waals surface area contributed by atoms with Crippen LogP contribution in [0.15, 0.2) is 97.1 Å². The lowest BCUT2D eigenvalue weighted by Gasteiger charge is -2.11. The first-order chi connectivity index (χ1) is 14.7. The second-order valence-electron chi connectivity index (χ2n) is 7.55. The van der Waals surface area contributed by atoms with Crippen LogP contribution < -0.4 is 0 Å². The van der Waals surface area contributed by atoms with Gasteiger partial charge in [-0.05, 0) is 58.4 Å². The normalized spacial score (nSPS) is 11.4. The lowest BCUT2D eigenvalue weighted by atomic mass is 9.93. The smallest absolute Gasteiger partial charge is 0.0105 e. The third-order valence-electron chi connectivity index (χ3n) is 5.47. The molecule has 0 heterocycles. The van der Waals surface area contributed by atoms with Gasteiger partial charge in [-0.15, -0.1) is 0 Å². The Morgan fingerprint density at radius 2 is 0.933 bits per heavy atom. The van der Waals surface area contributed by atoms with Gasteiger partial charge >= 0.3 is 0 Å². The first-order valence-corrected chi connectivity index (χ1v) is 10.4. The SMILES string of the molecule is Cc1ccccc1C=Cc1cccc(-c2ccccc2)c1C=Cc1ccccc1C. The van der Waals surface area contributed by atoms with E-state index in [1.807, 2.05) is 0 Å². The van der Waals surface area contributed by atoms with E-state index in [0.29, 0.717) is 0 Å². The first kappa shape index (κ1) is 19.7. The van der Waals surface area contributed by atoms with Crippen molar-refractivity contribution in [2.45, 2.75) is 13.8 Å². The van der Waals surface area contributed by atoms with Crippen LogP contribution in [-0.4, -0.2) is 0 Å². The summed E-state index contributed by atoms with van der Waals surface area (Å²) in [4.78, 5) is 0. The summed E-state index contributed by atoms with van der Waals surface area (Å²) in [6.07, 6.45) is 8.92. The highest BCUT2D eigenvalue weighted by Crippen LogP contribution is 2.30. The molecule has 0 aliphatic rings. The largest absolute Gasteiger partial charge is 0.0622 e. The molecule has 0 aliphatic heterocycles. The van der Waals surface area contributed by atoms with Crippen molar-refractivity contribution in [3.63, 3.8) is 0 Å². The molecule has 0 aromatic heterocycles. The minimum atomic E-state index is 1.21. The summed E-state index contributed by atoms with van der Waals surface area (Å²) in [6, 6.07) is 34.1. The molecule has 0 aliphatic carbocycles. The summed E-state index contributed by atoms with van der Waals surface area (Å²) in [7, 11) is 0. The van der Waals surface area contributed by atoms with Crippen LogP contribution in [0, 0.1) is 13.8 Å². The van der Waals surface area contributed by atoms with E-state index in [1.54, 1.807) is 0 Å². The molecular formula is C30H26. The molecule has 4 aromatic rings. The standard InChI is InChI=1S/C30H26/c1-23-11-6-8-13-25(23)19-20-28-17-10-18-29(27-15-4-3-5-16-27)30(28)22-21-26-14-9-7-12-24(26)2/h3-22H,1-2H3. The summed E-state index contributed by atoms with van der Waals surface area (Å²) in [5.74, 6) is 0. The van der Waals surface area contributed by atoms with Gasteiger partial charge in [-0.2, -0.15) is 0 Å². The lowest BCUT2D eigenvalue weighted by Crippen LogP contribution is -1.88. The molecule has 0 saturated carbocycles. The van der Waals surface area contributed by atoms with E-state index in [4.69, 9.17) is 0 Å². The van der Waals surface area contributed by atoms with Crippen molar-refractivity contribution in [1.82, 2.24) is 0 Å². The van der Waals surface area contributed by atoms with E-state index >= 15 is 0 Å². The fourth-order valence-electron chi connectivity index (χ4n) is 3.68. The first-order valence-electron chi connectivity index (χ1n) is 10.4. The van der Waals surface area contributed by atoms with Crippen LogP contribution in [0.2, 0.25) is 0 Å². The van der Waals surface area contributed by atoms with Crippen LogP contribution in [0.4, 0.5) is 0 Å². The van der Waals surface area contributed by atoms with Crippen LogP contribution in [0.1, 0.15) is 33.4 Å². The molecule has 4 rings (SSSR count). The number of benzene rings is 4. The second kappa shape index (κ2) is 9.24. The number of hydrogen-bond acceptors (Lipinski definition) is 0. The van der Waals surface area contributed by atoms with Crippen molar-refractivity contribution in [2.75, 3.05) is 0 Å². The number of rotatable bonds is 5. The van der Waals surface area contributed by atoms with Crippen LogP contribution >= 0.6 is 0 Å². The molecule has 0 heteroatoms. The molecule has 0 saturated heterocycles. The van der Waals surface area contributed by atoms with Gasteiger partial charge in [-0.1, -0.05) is 121 Å². The molecule has 0 nitrogen and oxygen atoms in total. The van der Waals surface area contributed by atoms with Gasteiger partial charge in [0.05, 0.1) is 0 Å². The van der Waals surface area contributed by atoms with Gasteiger partial charge in [0.15, 0.2) is 0 Å². The molecule has 0 bridgehead atoms. The Bertz CT molecular complexity index is 1190. The molecule has 0 fully saturated rings. The monoisotopic (exact) mass is 386 g/mol. The van der Waals surface area contributed by atoms with Gasteiger partial charge in [0, 0.05) is 0 Å². The van der Waals surface area contributed by atoms with E-state index in [0.717, 1.165) is 0 Å². The summed E-state index contributed by atoms with van der Waals surface area (Å²) in [6.45, 7) is 4.31. The maximum Gasteiger partial charge on any atom is -0.0105 e. The van der Waals surface area contributed by atoms with Gasteiger partial charge in [-0.25, -0.2) is 0 Å². The Kier molecular flexibility index (Phi) is 6.06. The van der Waals surface area contributed by atoms with Gasteiger partial charge in [0.1, 0.15) is 0 Å². The third-order valence-corrected chi connectivity index (χ3v) is 5.47. The van der Waals surface area contributed by atoms with Crippen LogP contribution in [0.25, 0.3) is 35.4 Å². The summed E-state index contributed by atoms with van der Waals surface area (Å²) < 4.78 is 0. The van der Waals surface area contributed by atoms with Gasteiger partial charge in [-0.3, -0.25) is 0 Å². The summed E-state index contributed by atoms with van der Waals surface area (Å²) in [5, 5.41) is 0. The molecule has 146 valence electrons. The van der Waals surface area contributed by atoms with Crippen LogP contribution in [0.5, 0.6) is 0 Å². The fraction of sp³-hybridized carbons (Fsp3) is 0.0667. The number of aryl methyl sites for hydroxylation is 2. The maximum absolute atomic E-state index is 2.25. The van der Waals surface area contributed by atoms with E-state index < -0.39 is 0 Å². The van der Waals surface area contributed by atoms with E-state index in [9.17, 15) is 0 Å². The molecule has 0 N–H and O–H groups in total. The van der Waals surface area contributed by atoms with Crippen molar-refractivity contribution in [3.05, 3.63) is 130 Å². The van der Waals surface area contributed by atoms with Crippen molar-refractivity contribution in [1.29, 1.82) is 0 Å². The van der Waals surface area contributed by atoms with Crippen LogP contribution in [0.3, 0.4) is 0 Å². The molecule has 0 spiro atoms. The Labute approximate surface area is 179 Å². The van der Waals surface area contributed by atoms with Gasteiger partial charge in [0.2, 0.25) is 0 Å². The zero-order chi connectivity index (χ0) is 20.8. The van der Waals surface area contributed by atoms with Gasteiger partial charge < -0.3 is 0 Å². The minimum absolute atomic E-state index is 1.21. The predicted octanol–water partition coefficient (Wildman–Crippen LogP) is 8.31. The van der Waals surface area contributed by atoms with Crippen molar-refractivity contribution in [2.24, 2.45) is 0 Å². The maximum atomic E-state index is 2.25. The van der Waals surface area contributed by atoms with E-state index in [1.165, 1.54) is 44.5 Å². The highest BCUT2D eigenvalue weighted by molar-refractivity contribution is 5.88. The lowest BCUT2D eigenvalue weighted by molar-refractivity contribution is 1.44. The van der Waals surface area contributed by atoms with E-state index in [2.05, 4.69) is 135 Å². The average molecular weight is 387 g/mol. The molecular weight excluding hydrogens is 360 g/mol. The van der Waals surface area contributed by atoms with Crippen molar-refractivity contribution < 1.29 is 0 Å². The summed E-state index contributed by atoms with van der Waals surface area (Å²) >= 11 is 0. The zero-order valence-corrected chi connectivity index (χ0v) is 17.5. The van der Waals surface area contributed by atoms with Crippen molar-refractivity contribution in [3.8, 4) is 11.1 Å². The third kappa shape index (κ3) is 4.50. The second-order valence-corrected chi connectivity index (χ2v) is 7.55. The topological polar surface area (TPSA) is 0 Å². The van der Waals surface area contributed by atoms with Gasteiger partial charge in [0.25, 0.3) is 0 Å². The average Bonchev–Trinajstić information content (AvgIpc) is 2.79. The molecule has 30 heavy (non-hydrogen) atoms. The Morgan fingerprint density at radius 3 is 1.57 bits per heavy atom. The molecule has 0 radical (unpaired) electrons. The fourth-order valence-corrected chi connectivity index (χ4v) is 3.68. The molecule has 0 amide bonds. The number of hydrogen-bond donors (Lipinski definition) is 0. The zero-order valence-electron chi connectivity index (χ0n) is 17.5. The molecule has 0 unspecified atom stereocenters. The Hall–Kier alpha value is -3.64. The Balaban J connectivity index is 1.82. The summed E-state index contributed by atoms with van der Waals surface area (Å²) in [5.41, 5.74) is 9.97. The molecule has 0 atom stereocenters. The highest BCUT2D eigenvalue weighted by atomic mass is 14.1. The van der Waals surface area contributed by atoms with Crippen molar-refractivity contribution >= 4 is 24.3 Å². The minimum Gasteiger partial charge on any atom is -0.0622 e. The quantitative estimate of drug-likeness (QED) is 0.302. The van der Waals surface area contributed by atoms with E-state index in [-0.39, 0.29) is 0 Å².